The van der Waals surface area contributed by atoms with Crippen LogP contribution in [0, 0.1) is 5.82 Å². The predicted octanol–water partition coefficient (Wildman–Crippen LogP) is 3.28. The number of hydrogen-bond donors (Lipinski definition) is 2. The van der Waals surface area contributed by atoms with E-state index in [9.17, 15) is 14.0 Å². The molecule has 0 saturated carbocycles. The van der Waals surface area contributed by atoms with Crippen molar-refractivity contribution in [2.75, 3.05) is 11.1 Å². The fraction of sp³-hybridized carbons (Fsp3) is 0.312. The van der Waals surface area contributed by atoms with Gasteiger partial charge in [0, 0.05) is 17.5 Å². The molecule has 0 radical (unpaired) electrons. The van der Waals surface area contributed by atoms with Crippen LogP contribution in [0.3, 0.4) is 0 Å². The number of amides is 1. The molecule has 24 heavy (non-hydrogen) atoms. The summed E-state index contributed by atoms with van der Waals surface area (Å²) in [7, 11) is 0. The molecule has 1 aromatic heterocycles. The van der Waals surface area contributed by atoms with E-state index in [2.05, 4.69) is 15.3 Å². The fourth-order valence-corrected chi connectivity index (χ4v) is 3.21. The third-order valence-electron chi connectivity index (χ3n) is 3.00. The Morgan fingerprint density at radius 1 is 1.38 bits per heavy atom. The molecule has 0 aliphatic heterocycles. The van der Waals surface area contributed by atoms with Gasteiger partial charge in [0.2, 0.25) is 5.91 Å². The molecule has 2 aromatic rings. The van der Waals surface area contributed by atoms with E-state index in [0.29, 0.717) is 22.3 Å². The van der Waals surface area contributed by atoms with E-state index >= 15 is 0 Å². The van der Waals surface area contributed by atoms with Crippen LogP contribution in [0.5, 0.6) is 0 Å². The number of anilines is 1. The van der Waals surface area contributed by atoms with E-state index in [-0.39, 0.29) is 17.3 Å². The number of hydrogen-bond acceptors (Lipinski definition) is 5. The van der Waals surface area contributed by atoms with Gasteiger partial charge in [0.05, 0.1) is 10.9 Å². The number of benzene rings is 1. The summed E-state index contributed by atoms with van der Waals surface area (Å²) in [4.78, 5) is 30.9. The van der Waals surface area contributed by atoms with Crippen molar-refractivity contribution in [3.63, 3.8) is 0 Å². The van der Waals surface area contributed by atoms with Gasteiger partial charge in [0.15, 0.2) is 5.16 Å². The highest BCUT2D eigenvalue weighted by Gasteiger charge is 2.16. The molecule has 2 rings (SSSR count). The number of halogens is 1. The van der Waals surface area contributed by atoms with Crippen LogP contribution >= 0.6 is 23.5 Å². The van der Waals surface area contributed by atoms with Gasteiger partial charge >= 0.3 is 0 Å². The van der Waals surface area contributed by atoms with E-state index < -0.39 is 5.25 Å². The smallest absolute Gasteiger partial charge is 0.251 e. The van der Waals surface area contributed by atoms with Gasteiger partial charge in [-0.15, -0.1) is 0 Å². The Bertz CT molecular complexity index is 750. The second-order valence-corrected chi connectivity index (χ2v) is 7.54. The minimum Gasteiger partial charge on any atom is -0.325 e. The first kappa shape index (κ1) is 18.5. The first-order valence-corrected chi connectivity index (χ1v) is 9.42. The summed E-state index contributed by atoms with van der Waals surface area (Å²) in [6, 6.07) is 7.01. The van der Waals surface area contributed by atoms with Crippen LogP contribution in [0.15, 0.2) is 40.3 Å². The molecule has 128 valence electrons. The van der Waals surface area contributed by atoms with Crippen molar-refractivity contribution in [1.82, 2.24) is 9.97 Å². The molecule has 2 N–H and O–H groups in total. The van der Waals surface area contributed by atoms with Gasteiger partial charge in [-0.25, -0.2) is 9.37 Å². The van der Waals surface area contributed by atoms with Crippen LogP contribution in [-0.2, 0) is 10.5 Å². The lowest BCUT2D eigenvalue weighted by Gasteiger charge is -2.12. The van der Waals surface area contributed by atoms with Crippen molar-refractivity contribution in [2.24, 2.45) is 0 Å². The van der Waals surface area contributed by atoms with E-state index in [1.165, 1.54) is 42.1 Å². The van der Waals surface area contributed by atoms with Gasteiger partial charge in [-0.3, -0.25) is 9.59 Å². The van der Waals surface area contributed by atoms with Crippen molar-refractivity contribution < 1.29 is 9.18 Å². The average molecular weight is 367 g/mol. The molecule has 1 atom stereocenters. The van der Waals surface area contributed by atoms with Gasteiger partial charge < -0.3 is 10.3 Å². The molecule has 8 heteroatoms. The first-order valence-electron chi connectivity index (χ1n) is 7.39. The lowest BCUT2D eigenvalue weighted by Crippen LogP contribution is -2.23. The van der Waals surface area contributed by atoms with Gasteiger partial charge in [0.25, 0.3) is 5.56 Å². The molecular weight excluding hydrogens is 349 g/mol. The maximum Gasteiger partial charge on any atom is 0.251 e. The highest BCUT2D eigenvalue weighted by Crippen LogP contribution is 2.21. The van der Waals surface area contributed by atoms with Crippen molar-refractivity contribution in [2.45, 2.75) is 30.0 Å². The number of aromatic nitrogens is 2. The van der Waals surface area contributed by atoms with Gasteiger partial charge in [-0.05, 0) is 36.9 Å². The van der Waals surface area contributed by atoms with E-state index in [1.807, 2.05) is 6.92 Å². The summed E-state index contributed by atoms with van der Waals surface area (Å²) < 4.78 is 12.9. The van der Waals surface area contributed by atoms with E-state index in [1.54, 1.807) is 18.7 Å². The Kier molecular flexibility index (Phi) is 6.86. The minimum atomic E-state index is -0.465. The number of thioether (sulfide) groups is 2. The molecule has 1 heterocycles. The highest BCUT2D eigenvalue weighted by atomic mass is 32.2. The van der Waals surface area contributed by atoms with Crippen LogP contribution in [0.2, 0.25) is 0 Å². The number of carbonyl (C=O) groups excluding carboxylic acids is 1. The van der Waals surface area contributed by atoms with E-state index in [4.69, 9.17) is 0 Å². The number of H-pyrrole nitrogens is 1. The number of aromatic amines is 1. The normalized spacial score (nSPS) is 12.0. The molecule has 1 unspecified atom stereocenters. The van der Waals surface area contributed by atoms with Crippen LogP contribution in [-0.4, -0.2) is 26.9 Å². The zero-order valence-corrected chi connectivity index (χ0v) is 15.0. The topological polar surface area (TPSA) is 74.8 Å². The minimum absolute atomic E-state index is 0.231. The third-order valence-corrected chi connectivity index (χ3v) is 4.89. The maximum absolute atomic E-state index is 12.9. The van der Waals surface area contributed by atoms with Crippen molar-refractivity contribution in [3.8, 4) is 0 Å². The number of nitrogens with zero attached hydrogens (tertiary/aromatic N) is 1. The molecule has 0 aliphatic carbocycles. The number of nitrogens with one attached hydrogen (secondary N) is 2. The van der Waals surface area contributed by atoms with Crippen molar-refractivity contribution in [1.29, 1.82) is 0 Å². The molecule has 1 amide bonds. The van der Waals surface area contributed by atoms with Gasteiger partial charge in [-0.1, -0.05) is 18.7 Å². The Balaban J connectivity index is 2.01. The first-order chi connectivity index (χ1) is 11.5. The van der Waals surface area contributed by atoms with Crippen LogP contribution in [0.25, 0.3) is 0 Å². The molecule has 0 spiro atoms. The lowest BCUT2D eigenvalue weighted by molar-refractivity contribution is -0.115. The molecule has 0 aliphatic rings. The molecule has 0 fully saturated rings. The molecule has 1 aromatic carbocycles. The lowest BCUT2D eigenvalue weighted by atomic mass is 10.3. The quantitative estimate of drug-likeness (QED) is 0.580. The summed E-state index contributed by atoms with van der Waals surface area (Å²) in [6.45, 7) is 3.76. The summed E-state index contributed by atoms with van der Waals surface area (Å²) >= 11 is 2.85. The monoisotopic (exact) mass is 367 g/mol. The number of carbonyl (C=O) groups is 1. The summed E-state index contributed by atoms with van der Waals surface area (Å²) in [5.74, 6) is 0.985. The zero-order chi connectivity index (χ0) is 17.5. The van der Waals surface area contributed by atoms with Crippen LogP contribution in [0.1, 0.15) is 19.5 Å². The summed E-state index contributed by atoms with van der Waals surface area (Å²) in [5, 5.41) is 2.65. The average Bonchev–Trinajstić information content (AvgIpc) is 2.54. The predicted molar refractivity (Wildman–Crippen MR) is 97.0 cm³/mol. The Morgan fingerprint density at radius 3 is 2.75 bits per heavy atom. The Hall–Kier alpha value is -1.80. The molecular formula is C16H18FN3O2S2. The molecule has 5 nitrogen and oxygen atoms in total. The zero-order valence-electron chi connectivity index (χ0n) is 13.3. The fourth-order valence-electron chi connectivity index (χ4n) is 1.82. The molecule has 0 bridgehead atoms. The Morgan fingerprint density at radius 2 is 2.08 bits per heavy atom. The Labute approximate surface area is 147 Å². The maximum atomic E-state index is 12.9. The standard InChI is InChI=1S/C16H18FN3O2S2/c1-3-23-9-13-8-14(21)20-16(19-13)24-10(2)15(22)18-12-6-4-11(17)5-7-12/h4-8,10H,3,9H2,1-2H3,(H,18,22)(H,19,20,21). The second-order valence-electron chi connectivity index (χ2n) is 4.94. The third kappa shape index (κ3) is 5.68. The molecule has 0 saturated heterocycles. The van der Waals surface area contributed by atoms with Gasteiger partial charge in [0.1, 0.15) is 5.82 Å². The van der Waals surface area contributed by atoms with E-state index in [0.717, 1.165) is 5.75 Å². The van der Waals surface area contributed by atoms with Crippen molar-refractivity contribution >= 4 is 35.1 Å². The van der Waals surface area contributed by atoms with Gasteiger partial charge in [-0.2, -0.15) is 11.8 Å². The van der Waals surface area contributed by atoms with Crippen LogP contribution in [0.4, 0.5) is 10.1 Å². The van der Waals surface area contributed by atoms with Crippen LogP contribution < -0.4 is 10.9 Å². The highest BCUT2D eigenvalue weighted by molar-refractivity contribution is 8.00. The largest absolute Gasteiger partial charge is 0.325 e. The SMILES string of the molecule is CCSCc1cc(=O)[nH]c(SC(C)C(=O)Nc2ccc(F)cc2)n1. The van der Waals surface area contributed by atoms with Crippen molar-refractivity contribution in [3.05, 3.63) is 52.2 Å². The number of rotatable bonds is 7. The second kappa shape index (κ2) is 8.89. The summed E-state index contributed by atoms with van der Waals surface area (Å²) in [6.07, 6.45) is 0. The summed E-state index contributed by atoms with van der Waals surface area (Å²) in [5.41, 5.74) is 0.980.